The van der Waals surface area contributed by atoms with Crippen LogP contribution in [0.1, 0.15) is 44.9 Å². The van der Waals surface area contributed by atoms with Gasteiger partial charge in [-0.3, -0.25) is 19.7 Å². The molecule has 2 rings (SSSR count). The lowest BCUT2D eigenvalue weighted by Crippen LogP contribution is -2.31. The van der Waals surface area contributed by atoms with E-state index in [0.29, 0.717) is 0 Å². The maximum atomic E-state index is 12.6. The molecule has 0 unspecified atom stereocenters. The summed E-state index contributed by atoms with van der Waals surface area (Å²) in [6.07, 6.45) is 0. The number of nitro benzene ring substituents is 1. The van der Waals surface area contributed by atoms with Crippen LogP contribution in [-0.4, -0.2) is 35.9 Å². The molecule has 0 bridgehead atoms. The molecule has 9 heteroatoms. The minimum Gasteiger partial charge on any atom is -0.465 e. The van der Waals surface area contributed by atoms with Gasteiger partial charge in [0, 0.05) is 23.7 Å². The number of hydrogen-bond acceptors (Lipinski definition) is 6. The second kappa shape index (κ2) is 8.76. The van der Waals surface area contributed by atoms with E-state index in [1.807, 2.05) is 0 Å². The number of anilines is 1. The molecule has 146 valence electrons. The number of carbonyl (C=O) groups excluding carboxylic acids is 3. The van der Waals surface area contributed by atoms with Crippen LogP contribution >= 0.6 is 0 Å². The molecule has 9 nitrogen and oxygen atoms in total. The van der Waals surface area contributed by atoms with E-state index in [-0.39, 0.29) is 34.3 Å². The smallest absolute Gasteiger partial charge is 0.338 e. The van der Waals surface area contributed by atoms with E-state index in [1.54, 1.807) is 32.0 Å². The average molecular weight is 385 g/mol. The molecule has 0 aromatic heterocycles. The minimum atomic E-state index is -0.811. The molecule has 0 atom stereocenters. The number of esters is 1. The molecule has 0 saturated heterocycles. The number of ether oxygens (including phenoxy) is 1. The molecule has 2 amide bonds. The van der Waals surface area contributed by atoms with Crippen molar-refractivity contribution < 1.29 is 24.0 Å². The van der Waals surface area contributed by atoms with Crippen molar-refractivity contribution >= 4 is 29.2 Å². The van der Waals surface area contributed by atoms with Crippen LogP contribution in [0, 0.1) is 10.1 Å². The first-order chi connectivity index (χ1) is 13.2. The maximum Gasteiger partial charge on any atom is 0.338 e. The number of nitrogens with zero attached hydrogens (tertiary/aromatic N) is 1. The molecule has 0 saturated carbocycles. The number of amides is 2. The van der Waals surface area contributed by atoms with Crippen molar-refractivity contribution in [1.29, 1.82) is 0 Å². The highest BCUT2D eigenvalue weighted by atomic mass is 16.6. The van der Waals surface area contributed by atoms with Crippen LogP contribution in [0.4, 0.5) is 11.4 Å². The van der Waals surface area contributed by atoms with E-state index in [0.717, 1.165) is 19.2 Å². The number of carbonyl (C=O) groups is 3. The van der Waals surface area contributed by atoms with Crippen molar-refractivity contribution in [2.24, 2.45) is 0 Å². The summed E-state index contributed by atoms with van der Waals surface area (Å²) in [6, 6.07) is 9.50. The van der Waals surface area contributed by atoms with Crippen molar-refractivity contribution in [3.05, 3.63) is 69.3 Å². The molecule has 2 aromatic carbocycles. The van der Waals surface area contributed by atoms with Crippen LogP contribution < -0.4 is 10.6 Å². The van der Waals surface area contributed by atoms with Gasteiger partial charge in [0.15, 0.2) is 0 Å². The van der Waals surface area contributed by atoms with Crippen LogP contribution in [-0.2, 0) is 4.74 Å². The second-order valence-corrected chi connectivity index (χ2v) is 6.15. The first kappa shape index (κ1) is 20.6. The third kappa shape index (κ3) is 4.91. The number of nitrogens with one attached hydrogen (secondary N) is 2. The molecular weight excluding hydrogens is 366 g/mol. The van der Waals surface area contributed by atoms with Crippen molar-refractivity contribution in [2.75, 3.05) is 12.4 Å². The Morgan fingerprint density at radius 3 is 2.29 bits per heavy atom. The van der Waals surface area contributed by atoms with Gasteiger partial charge in [0.1, 0.15) is 0 Å². The van der Waals surface area contributed by atoms with Gasteiger partial charge in [0.2, 0.25) is 0 Å². The Hall–Kier alpha value is -3.75. The Kier molecular flexibility index (Phi) is 6.43. The van der Waals surface area contributed by atoms with Crippen LogP contribution in [0.5, 0.6) is 0 Å². The summed E-state index contributed by atoms with van der Waals surface area (Å²) in [7, 11) is 1.13. The van der Waals surface area contributed by atoms with Gasteiger partial charge in [-0.2, -0.15) is 0 Å². The molecule has 0 spiro atoms. The zero-order chi connectivity index (χ0) is 20.8. The van der Waals surface area contributed by atoms with Gasteiger partial charge >= 0.3 is 5.97 Å². The number of para-hydroxylation sites is 1. The number of benzene rings is 2. The quantitative estimate of drug-likeness (QED) is 0.447. The molecule has 28 heavy (non-hydrogen) atoms. The first-order valence-corrected chi connectivity index (χ1v) is 8.32. The highest BCUT2D eigenvalue weighted by Crippen LogP contribution is 2.21. The lowest BCUT2D eigenvalue weighted by atomic mass is 10.1. The fraction of sp³-hybridized carbons (Fsp3) is 0.211. The Labute approximate surface area is 160 Å². The highest BCUT2D eigenvalue weighted by molar-refractivity contribution is 6.10. The fourth-order valence-corrected chi connectivity index (χ4v) is 2.41. The van der Waals surface area contributed by atoms with E-state index in [1.165, 1.54) is 12.1 Å². The van der Waals surface area contributed by atoms with Crippen molar-refractivity contribution in [2.45, 2.75) is 19.9 Å². The molecule has 2 aromatic rings. The van der Waals surface area contributed by atoms with Gasteiger partial charge in [-0.1, -0.05) is 12.1 Å². The Morgan fingerprint density at radius 2 is 1.68 bits per heavy atom. The summed E-state index contributed by atoms with van der Waals surface area (Å²) in [6.45, 7) is 3.60. The summed E-state index contributed by atoms with van der Waals surface area (Å²) in [5.74, 6) is -1.90. The number of nitro groups is 1. The van der Waals surface area contributed by atoms with Crippen LogP contribution in [0.25, 0.3) is 0 Å². The third-order valence-corrected chi connectivity index (χ3v) is 3.65. The zero-order valence-corrected chi connectivity index (χ0v) is 15.5. The molecule has 0 heterocycles. The van der Waals surface area contributed by atoms with Crippen molar-refractivity contribution in [3.8, 4) is 0 Å². The first-order valence-electron chi connectivity index (χ1n) is 8.32. The number of hydrogen-bond donors (Lipinski definition) is 2. The van der Waals surface area contributed by atoms with Gasteiger partial charge in [-0.15, -0.1) is 0 Å². The standard InChI is InChI=1S/C19H19N3O6/c1-11(2)20-18(24)15-6-4-5-7-16(15)21-17(23)12-8-13(19(25)28-3)10-14(9-12)22(26)27/h4-11H,1-3H3,(H,20,24)(H,21,23). The maximum absolute atomic E-state index is 12.6. The van der Waals surface area contributed by atoms with Gasteiger partial charge in [0.05, 0.1) is 28.8 Å². The van der Waals surface area contributed by atoms with Crippen LogP contribution in [0.15, 0.2) is 42.5 Å². The summed E-state index contributed by atoms with van der Waals surface area (Å²) in [5, 5.41) is 16.4. The molecule has 0 radical (unpaired) electrons. The highest BCUT2D eigenvalue weighted by Gasteiger charge is 2.20. The van der Waals surface area contributed by atoms with Gasteiger partial charge in [-0.25, -0.2) is 4.79 Å². The monoisotopic (exact) mass is 385 g/mol. The fourth-order valence-electron chi connectivity index (χ4n) is 2.41. The Balaban J connectivity index is 2.38. The second-order valence-electron chi connectivity index (χ2n) is 6.15. The van der Waals surface area contributed by atoms with E-state index in [4.69, 9.17) is 0 Å². The molecular formula is C19H19N3O6. The lowest BCUT2D eigenvalue weighted by molar-refractivity contribution is -0.384. The number of methoxy groups -OCH3 is 1. The van der Waals surface area contributed by atoms with E-state index < -0.39 is 22.5 Å². The average Bonchev–Trinajstić information content (AvgIpc) is 2.66. The van der Waals surface area contributed by atoms with Crippen LogP contribution in [0.3, 0.4) is 0 Å². The number of rotatable bonds is 6. The lowest BCUT2D eigenvalue weighted by Gasteiger charge is -2.13. The summed E-state index contributed by atoms with van der Waals surface area (Å²) in [5.41, 5.74) is -0.208. The number of non-ortho nitro benzene ring substituents is 1. The normalized spacial score (nSPS) is 10.3. The van der Waals surface area contributed by atoms with Crippen molar-refractivity contribution in [3.63, 3.8) is 0 Å². The Morgan fingerprint density at radius 1 is 1.04 bits per heavy atom. The van der Waals surface area contributed by atoms with Crippen molar-refractivity contribution in [1.82, 2.24) is 5.32 Å². The Bertz CT molecular complexity index is 939. The SMILES string of the molecule is COC(=O)c1cc(C(=O)Nc2ccccc2C(=O)NC(C)C)cc([N+](=O)[O-])c1. The van der Waals surface area contributed by atoms with E-state index >= 15 is 0 Å². The van der Waals surface area contributed by atoms with Gasteiger partial charge < -0.3 is 15.4 Å². The minimum absolute atomic E-state index is 0.101. The molecule has 0 aliphatic heterocycles. The summed E-state index contributed by atoms with van der Waals surface area (Å²) >= 11 is 0. The van der Waals surface area contributed by atoms with Gasteiger partial charge in [-0.05, 0) is 32.0 Å². The summed E-state index contributed by atoms with van der Waals surface area (Å²) in [4.78, 5) is 47.1. The predicted molar refractivity (Wildman–Crippen MR) is 101 cm³/mol. The molecule has 0 fully saturated rings. The largest absolute Gasteiger partial charge is 0.465 e. The molecule has 2 N–H and O–H groups in total. The summed E-state index contributed by atoms with van der Waals surface area (Å²) < 4.78 is 4.57. The third-order valence-electron chi connectivity index (χ3n) is 3.65. The van der Waals surface area contributed by atoms with Gasteiger partial charge in [0.25, 0.3) is 17.5 Å². The predicted octanol–water partition coefficient (Wildman–Crippen LogP) is 2.77. The molecule has 0 aliphatic carbocycles. The topological polar surface area (TPSA) is 128 Å². The van der Waals surface area contributed by atoms with E-state index in [2.05, 4.69) is 15.4 Å². The zero-order valence-electron chi connectivity index (χ0n) is 15.5. The van der Waals surface area contributed by atoms with E-state index in [9.17, 15) is 24.5 Å². The van der Waals surface area contributed by atoms with Crippen LogP contribution in [0.2, 0.25) is 0 Å². The molecule has 0 aliphatic rings.